The smallest absolute Gasteiger partial charge is 0.0428 e. The van der Waals surface area contributed by atoms with E-state index in [0.29, 0.717) is 0 Å². The first-order chi connectivity index (χ1) is 9.43. The van der Waals surface area contributed by atoms with Gasteiger partial charge in [0.2, 0.25) is 0 Å². The van der Waals surface area contributed by atoms with Crippen LogP contribution in [-0.4, -0.2) is 19.6 Å². The number of hydrogen-bond donors (Lipinski definition) is 2. The molecule has 1 aromatic carbocycles. The lowest BCUT2D eigenvalue weighted by molar-refractivity contribution is 0.393. The molecule has 2 aromatic rings. The molecular weight excluding hydrogens is 252 g/mol. The van der Waals surface area contributed by atoms with Gasteiger partial charge in [-0.2, -0.15) is 0 Å². The van der Waals surface area contributed by atoms with Crippen molar-refractivity contribution in [2.75, 3.05) is 25.0 Å². The molecule has 2 heterocycles. The van der Waals surface area contributed by atoms with Crippen LogP contribution >= 0.6 is 11.3 Å². The molecule has 0 spiro atoms. The highest BCUT2D eigenvalue weighted by Crippen LogP contribution is 2.31. The molecule has 3 rings (SSSR count). The van der Waals surface area contributed by atoms with Crippen molar-refractivity contribution in [1.29, 1.82) is 0 Å². The first kappa shape index (κ1) is 12.7. The van der Waals surface area contributed by atoms with Gasteiger partial charge in [0.05, 0.1) is 0 Å². The minimum Gasteiger partial charge on any atom is -0.384 e. The van der Waals surface area contributed by atoms with Crippen LogP contribution in [-0.2, 0) is 0 Å². The molecular formula is C16H20N2S. The van der Waals surface area contributed by atoms with Crippen molar-refractivity contribution in [1.82, 2.24) is 5.32 Å². The Kier molecular flexibility index (Phi) is 4.16. The molecule has 2 N–H and O–H groups in total. The molecule has 0 saturated carbocycles. The fourth-order valence-corrected chi connectivity index (χ4v) is 3.40. The molecule has 0 aliphatic carbocycles. The highest BCUT2D eigenvalue weighted by molar-refractivity contribution is 7.13. The summed E-state index contributed by atoms with van der Waals surface area (Å²) in [6, 6.07) is 12.9. The number of nitrogens with one attached hydrogen (secondary N) is 2. The average molecular weight is 272 g/mol. The zero-order valence-electron chi connectivity index (χ0n) is 11.1. The molecule has 100 valence electrons. The molecule has 2 nitrogen and oxygen atoms in total. The lowest BCUT2D eigenvalue weighted by Crippen LogP contribution is -2.33. The minimum absolute atomic E-state index is 0.755. The molecule has 3 heteroatoms. The summed E-state index contributed by atoms with van der Waals surface area (Å²) in [5.41, 5.74) is 2.58. The van der Waals surface area contributed by atoms with Gasteiger partial charge in [-0.15, -0.1) is 11.3 Å². The second kappa shape index (κ2) is 6.22. The molecule has 0 amide bonds. The predicted octanol–water partition coefficient (Wildman–Crippen LogP) is 3.83. The van der Waals surface area contributed by atoms with E-state index in [1.165, 1.54) is 35.5 Å². The average Bonchev–Trinajstić information content (AvgIpc) is 3.01. The van der Waals surface area contributed by atoms with E-state index in [2.05, 4.69) is 52.4 Å². The lowest BCUT2D eigenvalue weighted by Gasteiger charge is -2.24. The Balaban J connectivity index is 1.70. The highest BCUT2D eigenvalue weighted by atomic mass is 32.1. The Bertz CT molecular complexity index is 501. The summed E-state index contributed by atoms with van der Waals surface area (Å²) in [7, 11) is 0. The van der Waals surface area contributed by atoms with Crippen LogP contribution < -0.4 is 10.6 Å². The van der Waals surface area contributed by atoms with Gasteiger partial charge in [0.25, 0.3) is 0 Å². The lowest BCUT2D eigenvalue weighted by atomic mass is 9.99. The molecule has 1 saturated heterocycles. The summed E-state index contributed by atoms with van der Waals surface area (Å²) in [4.78, 5) is 1.34. The van der Waals surface area contributed by atoms with E-state index < -0.39 is 0 Å². The first-order valence-corrected chi connectivity index (χ1v) is 7.89. The molecule has 1 unspecified atom stereocenters. The van der Waals surface area contributed by atoms with E-state index in [0.717, 1.165) is 19.0 Å². The zero-order chi connectivity index (χ0) is 12.9. The van der Waals surface area contributed by atoms with Crippen LogP contribution in [0.15, 0.2) is 41.8 Å². The Hall–Kier alpha value is -1.32. The van der Waals surface area contributed by atoms with Crippen LogP contribution in [0, 0.1) is 5.92 Å². The first-order valence-electron chi connectivity index (χ1n) is 7.01. The van der Waals surface area contributed by atoms with E-state index in [9.17, 15) is 0 Å². The van der Waals surface area contributed by atoms with Crippen LogP contribution in [0.5, 0.6) is 0 Å². The topological polar surface area (TPSA) is 24.1 Å². The van der Waals surface area contributed by atoms with Crippen molar-refractivity contribution in [3.05, 3.63) is 41.8 Å². The standard InChI is InChI=1S/C16H20N2S/c1-2-7-15(14(6-1)16-8-4-10-19-16)18-12-13-5-3-9-17-11-13/h1-2,4,6-8,10,13,17-18H,3,5,9,11-12H2. The quantitative estimate of drug-likeness (QED) is 0.884. The number of para-hydroxylation sites is 1. The predicted molar refractivity (Wildman–Crippen MR) is 83.8 cm³/mol. The van der Waals surface area contributed by atoms with Crippen molar-refractivity contribution in [3.63, 3.8) is 0 Å². The second-order valence-corrected chi connectivity index (χ2v) is 6.06. The molecule has 1 aromatic heterocycles. The minimum atomic E-state index is 0.755. The molecule has 0 bridgehead atoms. The summed E-state index contributed by atoms with van der Waals surface area (Å²) in [6.07, 6.45) is 2.64. The number of thiophene rings is 1. The van der Waals surface area contributed by atoms with Crippen LogP contribution in [0.1, 0.15) is 12.8 Å². The normalized spacial score (nSPS) is 19.3. The molecule has 0 radical (unpaired) electrons. The number of rotatable bonds is 4. The number of anilines is 1. The third kappa shape index (κ3) is 3.17. The molecule has 19 heavy (non-hydrogen) atoms. The largest absolute Gasteiger partial charge is 0.384 e. The van der Waals surface area contributed by atoms with E-state index in [1.807, 2.05) is 0 Å². The van der Waals surface area contributed by atoms with E-state index in [-0.39, 0.29) is 0 Å². The van der Waals surface area contributed by atoms with Gasteiger partial charge in [0, 0.05) is 22.7 Å². The van der Waals surface area contributed by atoms with Gasteiger partial charge < -0.3 is 10.6 Å². The summed E-state index contributed by atoms with van der Waals surface area (Å²) in [5, 5.41) is 9.25. The SMILES string of the molecule is c1csc(-c2ccccc2NCC2CCCNC2)c1. The number of hydrogen-bond acceptors (Lipinski definition) is 3. The molecule has 1 aliphatic heterocycles. The van der Waals surface area contributed by atoms with Crippen molar-refractivity contribution >= 4 is 17.0 Å². The van der Waals surface area contributed by atoms with Gasteiger partial charge in [-0.3, -0.25) is 0 Å². The van der Waals surface area contributed by atoms with E-state index in [4.69, 9.17) is 0 Å². The Morgan fingerprint density at radius 2 is 2.16 bits per heavy atom. The van der Waals surface area contributed by atoms with Crippen molar-refractivity contribution in [2.24, 2.45) is 5.92 Å². The van der Waals surface area contributed by atoms with E-state index >= 15 is 0 Å². The summed E-state index contributed by atoms with van der Waals surface area (Å²) < 4.78 is 0. The Morgan fingerprint density at radius 3 is 2.95 bits per heavy atom. The maximum Gasteiger partial charge on any atom is 0.0428 e. The maximum atomic E-state index is 3.64. The van der Waals surface area contributed by atoms with Crippen LogP contribution in [0.2, 0.25) is 0 Å². The van der Waals surface area contributed by atoms with Gasteiger partial charge in [-0.05, 0) is 49.4 Å². The molecule has 1 atom stereocenters. The van der Waals surface area contributed by atoms with Crippen LogP contribution in [0.4, 0.5) is 5.69 Å². The van der Waals surface area contributed by atoms with Gasteiger partial charge in [0.15, 0.2) is 0 Å². The Labute approximate surface area is 118 Å². The summed E-state index contributed by atoms with van der Waals surface area (Å²) in [6.45, 7) is 3.39. The van der Waals surface area contributed by atoms with Gasteiger partial charge in [-0.1, -0.05) is 24.3 Å². The van der Waals surface area contributed by atoms with Gasteiger partial charge >= 0.3 is 0 Å². The monoisotopic (exact) mass is 272 g/mol. The van der Waals surface area contributed by atoms with Crippen molar-refractivity contribution in [3.8, 4) is 10.4 Å². The fourth-order valence-electron chi connectivity index (χ4n) is 2.64. The fraction of sp³-hybridized carbons (Fsp3) is 0.375. The van der Waals surface area contributed by atoms with Crippen LogP contribution in [0.3, 0.4) is 0 Å². The summed E-state index contributed by atoms with van der Waals surface area (Å²) in [5.74, 6) is 0.755. The van der Waals surface area contributed by atoms with Gasteiger partial charge in [-0.25, -0.2) is 0 Å². The Morgan fingerprint density at radius 1 is 1.21 bits per heavy atom. The number of piperidine rings is 1. The third-order valence-electron chi connectivity index (χ3n) is 3.69. The van der Waals surface area contributed by atoms with Gasteiger partial charge in [0.1, 0.15) is 0 Å². The van der Waals surface area contributed by atoms with Crippen LogP contribution in [0.25, 0.3) is 10.4 Å². The molecule has 1 fully saturated rings. The van der Waals surface area contributed by atoms with Crippen molar-refractivity contribution in [2.45, 2.75) is 12.8 Å². The van der Waals surface area contributed by atoms with E-state index in [1.54, 1.807) is 11.3 Å². The zero-order valence-corrected chi connectivity index (χ0v) is 11.9. The number of benzene rings is 1. The second-order valence-electron chi connectivity index (χ2n) is 5.12. The maximum absolute atomic E-state index is 3.64. The highest BCUT2D eigenvalue weighted by Gasteiger charge is 2.13. The summed E-state index contributed by atoms with van der Waals surface area (Å²) >= 11 is 1.80. The molecule has 1 aliphatic rings. The third-order valence-corrected chi connectivity index (χ3v) is 4.60. The van der Waals surface area contributed by atoms with Crippen molar-refractivity contribution < 1.29 is 0 Å².